The highest BCUT2D eigenvalue weighted by atomic mass is 19.2. The van der Waals surface area contributed by atoms with Crippen LogP contribution in [0, 0.1) is 28.8 Å². The molecule has 1 aromatic carbocycles. The Labute approximate surface area is 185 Å². The molecule has 1 aliphatic rings. The van der Waals surface area contributed by atoms with E-state index in [1.165, 1.54) is 7.05 Å². The molecule has 3 rings (SSSR count). The van der Waals surface area contributed by atoms with Crippen molar-refractivity contribution in [2.24, 2.45) is 11.3 Å². The number of nitrogens with one attached hydrogen (secondary N) is 1. The van der Waals surface area contributed by atoms with Crippen molar-refractivity contribution in [1.29, 1.82) is 0 Å². The standard InChI is InChI=1S/C23H29F3N4O2/c1-23(2,3)14(22(32)27-4)11-18(31)20-17-12-29(5)7-6-8-30(17)21(28-20)13-9-15(24)19(26)16(25)10-13/h9-10,14H,6-8,11-12H2,1-5H3,(H,27,32)/t14-/m1/s1. The van der Waals surface area contributed by atoms with E-state index in [-0.39, 0.29) is 35.2 Å². The van der Waals surface area contributed by atoms with Crippen molar-refractivity contribution in [3.63, 3.8) is 0 Å². The molecule has 0 fully saturated rings. The van der Waals surface area contributed by atoms with Crippen molar-refractivity contribution in [1.82, 2.24) is 19.8 Å². The van der Waals surface area contributed by atoms with Gasteiger partial charge in [-0.05, 0) is 37.6 Å². The van der Waals surface area contributed by atoms with Gasteiger partial charge in [0.1, 0.15) is 11.5 Å². The molecule has 6 nitrogen and oxygen atoms in total. The zero-order valence-electron chi connectivity index (χ0n) is 19.1. The van der Waals surface area contributed by atoms with Gasteiger partial charge in [-0.15, -0.1) is 0 Å². The normalized spacial score (nSPS) is 15.8. The van der Waals surface area contributed by atoms with Crippen LogP contribution in [0.1, 0.15) is 49.8 Å². The van der Waals surface area contributed by atoms with Crippen LogP contribution >= 0.6 is 0 Å². The van der Waals surface area contributed by atoms with E-state index in [2.05, 4.69) is 10.3 Å². The third kappa shape index (κ3) is 4.72. The fourth-order valence-corrected chi connectivity index (χ4v) is 4.10. The van der Waals surface area contributed by atoms with Crippen LogP contribution in [0.5, 0.6) is 0 Å². The van der Waals surface area contributed by atoms with Gasteiger partial charge in [-0.2, -0.15) is 0 Å². The smallest absolute Gasteiger partial charge is 0.223 e. The number of halogens is 3. The molecule has 1 aromatic heterocycles. The van der Waals surface area contributed by atoms with E-state index in [0.717, 1.165) is 25.1 Å². The quantitative estimate of drug-likeness (QED) is 0.556. The van der Waals surface area contributed by atoms with Crippen molar-refractivity contribution >= 4 is 11.7 Å². The number of nitrogens with zero attached hydrogens (tertiary/aromatic N) is 3. The average molecular weight is 451 g/mol. The number of amides is 1. The number of ketones is 1. The highest BCUT2D eigenvalue weighted by molar-refractivity contribution is 5.98. The highest BCUT2D eigenvalue weighted by Gasteiger charge is 2.35. The Bertz CT molecular complexity index is 1020. The van der Waals surface area contributed by atoms with E-state index >= 15 is 0 Å². The van der Waals surface area contributed by atoms with Crippen LogP contribution < -0.4 is 5.32 Å². The topological polar surface area (TPSA) is 67.2 Å². The zero-order valence-corrected chi connectivity index (χ0v) is 19.1. The first-order valence-corrected chi connectivity index (χ1v) is 10.6. The molecule has 32 heavy (non-hydrogen) atoms. The van der Waals surface area contributed by atoms with Crippen molar-refractivity contribution in [2.75, 3.05) is 20.6 Å². The molecule has 0 bridgehead atoms. The average Bonchev–Trinajstić information content (AvgIpc) is 2.95. The van der Waals surface area contributed by atoms with Gasteiger partial charge < -0.3 is 14.8 Å². The summed E-state index contributed by atoms with van der Waals surface area (Å²) in [5.74, 6) is -5.11. The lowest BCUT2D eigenvalue weighted by atomic mass is 9.77. The summed E-state index contributed by atoms with van der Waals surface area (Å²) in [5.41, 5.74) is 0.400. The van der Waals surface area contributed by atoms with Crippen LogP contribution in [0.2, 0.25) is 0 Å². The van der Waals surface area contributed by atoms with Crippen molar-refractivity contribution in [3.8, 4) is 11.4 Å². The molecule has 0 aliphatic carbocycles. The van der Waals surface area contributed by atoms with E-state index in [9.17, 15) is 22.8 Å². The molecule has 0 saturated heterocycles. The molecule has 0 spiro atoms. The minimum absolute atomic E-state index is 0.0531. The Morgan fingerprint density at radius 3 is 2.34 bits per heavy atom. The molecule has 2 aromatic rings. The van der Waals surface area contributed by atoms with Crippen molar-refractivity contribution in [3.05, 3.63) is 41.0 Å². The molecular weight excluding hydrogens is 421 g/mol. The van der Waals surface area contributed by atoms with Gasteiger partial charge in [-0.1, -0.05) is 20.8 Å². The van der Waals surface area contributed by atoms with Crippen molar-refractivity contribution < 1.29 is 22.8 Å². The first-order valence-electron chi connectivity index (χ1n) is 10.6. The highest BCUT2D eigenvalue weighted by Crippen LogP contribution is 2.33. The fraction of sp³-hybridized carbons (Fsp3) is 0.522. The van der Waals surface area contributed by atoms with Crippen LogP contribution in [0.15, 0.2) is 12.1 Å². The Balaban J connectivity index is 2.10. The minimum atomic E-state index is -1.55. The Hall–Kier alpha value is -2.68. The summed E-state index contributed by atoms with van der Waals surface area (Å²) in [6, 6.07) is 1.78. The molecule has 1 aliphatic heterocycles. The summed E-state index contributed by atoms with van der Waals surface area (Å²) >= 11 is 0. The predicted molar refractivity (Wildman–Crippen MR) is 114 cm³/mol. The van der Waals surface area contributed by atoms with E-state index < -0.39 is 28.8 Å². The predicted octanol–water partition coefficient (Wildman–Crippen LogP) is 3.78. The molecule has 2 heterocycles. The van der Waals surface area contributed by atoms with Gasteiger partial charge >= 0.3 is 0 Å². The molecule has 1 amide bonds. The van der Waals surface area contributed by atoms with Crippen LogP contribution in [-0.2, 0) is 17.9 Å². The third-order valence-corrected chi connectivity index (χ3v) is 5.92. The lowest BCUT2D eigenvalue weighted by Crippen LogP contribution is -2.37. The summed E-state index contributed by atoms with van der Waals surface area (Å²) in [5, 5.41) is 2.61. The number of hydrogen-bond donors (Lipinski definition) is 1. The second kappa shape index (κ2) is 9.05. The molecule has 0 unspecified atom stereocenters. The van der Waals surface area contributed by atoms with Crippen LogP contribution in [-0.4, -0.2) is 46.8 Å². The number of carbonyl (C=O) groups is 2. The van der Waals surface area contributed by atoms with Gasteiger partial charge in [0.2, 0.25) is 5.91 Å². The maximum Gasteiger partial charge on any atom is 0.223 e. The summed E-state index contributed by atoms with van der Waals surface area (Å²) in [7, 11) is 3.44. The van der Waals surface area contributed by atoms with Gasteiger partial charge in [-0.25, -0.2) is 18.2 Å². The van der Waals surface area contributed by atoms with Gasteiger partial charge in [0.25, 0.3) is 0 Å². The van der Waals surface area contributed by atoms with E-state index in [1.807, 2.05) is 32.7 Å². The van der Waals surface area contributed by atoms with Crippen LogP contribution in [0.3, 0.4) is 0 Å². The Kier molecular flexibility index (Phi) is 6.78. The van der Waals surface area contributed by atoms with Gasteiger partial charge in [0, 0.05) is 32.1 Å². The number of rotatable bonds is 5. The molecule has 0 radical (unpaired) electrons. The molecular formula is C23H29F3N4O2. The maximum absolute atomic E-state index is 13.9. The number of Topliss-reactive ketones (excluding diaryl/α,β-unsaturated/α-hetero) is 1. The maximum atomic E-state index is 13.9. The number of fused-ring (bicyclic) bond motifs is 1. The summed E-state index contributed by atoms with van der Waals surface area (Å²) in [6.45, 7) is 7.34. The monoisotopic (exact) mass is 450 g/mol. The molecule has 1 atom stereocenters. The number of aromatic nitrogens is 2. The minimum Gasteiger partial charge on any atom is -0.359 e. The van der Waals surface area contributed by atoms with E-state index in [0.29, 0.717) is 18.8 Å². The second-order valence-electron chi connectivity index (χ2n) is 9.39. The lowest BCUT2D eigenvalue weighted by Gasteiger charge is -2.28. The lowest BCUT2D eigenvalue weighted by molar-refractivity contribution is -0.127. The zero-order chi connectivity index (χ0) is 23.8. The second-order valence-corrected chi connectivity index (χ2v) is 9.39. The van der Waals surface area contributed by atoms with Crippen LogP contribution in [0.25, 0.3) is 11.4 Å². The number of imidazole rings is 1. The van der Waals surface area contributed by atoms with Crippen LogP contribution in [0.4, 0.5) is 13.2 Å². The Morgan fingerprint density at radius 1 is 1.16 bits per heavy atom. The van der Waals surface area contributed by atoms with E-state index in [4.69, 9.17) is 0 Å². The molecule has 174 valence electrons. The van der Waals surface area contributed by atoms with Crippen molar-refractivity contribution in [2.45, 2.75) is 46.7 Å². The third-order valence-electron chi connectivity index (χ3n) is 5.92. The van der Waals surface area contributed by atoms with Gasteiger partial charge in [0.05, 0.1) is 11.6 Å². The SMILES string of the molecule is CNC(=O)[C@@H](CC(=O)c1nc(-c2cc(F)c(F)c(F)c2)n2c1CN(C)CCC2)C(C)(C)C. The number of hydrogen-bond acceptors (Lipinski definition) is 4. The molecule has 0 saturated carbocycles. The molecule has 9 heteroatoms. The summed E-state index contributed by atoms with van der Waals surface area (Å²) < 4.78 is 43.1. The van der Waals surface area contributed by atoms with Gasteiger partial charge in [0.15, 0.2) is 23.2 Å². The summed E-state index contributed by atoms with van der Waals surface area (Å²) in [6.07, 6.45) is 0.692. The number of benzene rings is 1. The first-order chi connectivity index (χ1) is 14.9. The first kappa shape index (κ1) is 24.0. The van der Waals surface area contributed by atoms with E-state index in [1.54, 1.807) is 4.57 Å². The Morgan fingerprint density at radius 2 is 1.78 bits per heavy atom. The fourth-order valence-electron chi connectivity index (χ4n) is 4.10. The number of carbonyl (C=O) groups excluding carboxylic acids is 2. The summed E-state index contributed by atoms with van der Waals surface area (Å²) in [4.78, 5) is 32.3. The van der Waals surface area contributed by atoms with Gasteiger partial charge in [-0.3, -0.25) is 9.59 Å². The largest absolute Gasteiger partial charge is 0.359 e. The molecule has 1 N–H and O–H groups in total.